The summed E-state index contributed by atoms with van der Waals surface area (Å²) in [5, 5.41) is 21.0. The number of aromatic nitrogens is 3. The Hall–Kier alpha value is -3.00. The molecule has 0 amide bonds. The molecule has 6 nitrogen and oxygen atoms in total. The van der Waals surface area contributed by atoms with E-state index in [1.165, 1.54) is 23.0 Å². The number of aromatic amines is 1. The molecule has 0 radical (unpaired) electrons. The maximum absolute atomic E-state index is 14.0. The van der Waals surface area contributed by atoms with E-state index >= 15 is 0 Å². The number of rotatable bonds is 6. The first-order valence-corrected chi connectivity index (χ1v) is 8.43. The normalized spacial score (nSPS) is 11.2. The van der Waals surface area contributed by atoms with Crippen LogP contribution in [0.25, 0.3) is 11.4 Å². The summed E-state index contributed by atoms with van der Waals surface area (Å²) in [6.45, 7) is 2.58. The number of phenols is 1. The molecule has 1 aromatic heterocycles. The number of benzene rings is 2. The van der Waals surface area contributed by atoms with Crippen molar-refractivity contribution >= 4 is 18.4 Å². The molecule has 2 N–H and O–H groups in total. The van der Waals surface area contributed by atoms with Gasteiger partial charge in [-0.3, -0.25) is 0 Å². The molecule has 0 spiro atoms. The third kappa shape index (κ3) is 3.80. The zero-order valence-electron chi connectivity index (χ0n) is 14.0. The summed E-state index contributed by atoms with van der Waals surface area (Å²) in [7, 11) is 0. The Labute approximate surface area is 154 Å². The summed E-state index contributed by atoms with van der Waals surface area (Å²) >= 11 is 5.16. The van der Waals surface area contributed by atoms with Gasteiger partial charge in [-0.25, -0.2) is 9.49 Å². The first-order chi connectivity index (χ1) is 12.6. The molecule has 0 fully saturated rings. The lowest BCUT2D eigenvalue weighted by atomic mass is 10.2. The van der Waals surface area contributed by atoms with Gasteiger partial charge in [0.25, 0.3) is 0 Å². The van der Waals surface area contributed by atoms with Gasteiger partial charge in [0.2, 0.25) is 4.77 Å². The summed E-state index contributed by atoms with van der Waals surface area (Å²) < 4.78 is 21.0. The van der Waals surface area contributed by atoms with E-state index < -0.39 is 5.82 Å². The SMILES string of the molecule is CCCOc1ccc(/C=N/n2c(-c3ccccc3F)n[nH]c2=S)c(O)c1. The van der Waals surface area contributed by atoms with Crippen molar-refractivity contribution in [1.29, 1.82) is 0 Å². The van der Waals surface area contributed by atoms with Gasteiger partial charge in [0.1, 0.15) is 17.3 Å². The number of ether oxygens (including phenoxy) is 1. The lowest BCUT2D eigenvalue weighted by Crippen LogP contribution is -1.98. The highest BCUT2D eigenvalue weighted by Gasteiger charge is 2.12. The highest BCUT2D eigenvalue weighted by atomic mass is 32.1. The minimum atomic E-state index is -0.432. The first-order valence-electron chi connectivity index (χ1n) is 8.02. The van der Waals surface area contributed by atoms with Gasteiger partial charge in [-0.2, -0.15) is 14.9 Å². The van der Waals surface area contributed by atoms with Crippen LogP contribution in [0.4, 0.5) is 4.39 Å². The van der Waals surface area contributed by atoms with Crippen molar-refractivity contribution in [3.63, 3.8) is 0 Å². The van der Waals surface area contributed by atoms with Crippen molar-refractivity contribution in [1.82, 2.24) is 14.9 Å². The maximum atomic E-state index is 14.0. The number of halogens is 1. The van der Waals surface area contributed by atoms with Crippen LogP contribution in [-0.4, -0.2) is 32.8 Å². The predicted octanol–water partition coefficient (Wildman–Crippen LogP) is 4.12. The summed E-state index contributed by atoms with van der Waals surface area (Å²) in [6.07, 6.45) is 2.30. The first kappa shape index (κ1) is 17.8. The Balaban J connectivity index is 1.92. The molecule has 0 bridgehead atoms. The molecule has 0 unspecified atom stereocenters. The predicted molar refractivity (Wildman–Crippen MR) is 99.7 cm³/mol. The molecule has 134 valence electrons. The van der Waals surface area contributed by atoms with Gasteiger partial charge in [-0.05, 0) is 42.9 Å². The Kier molecular flexibility index (Phi) is 5.43. The van der Waals surface area contributed by atoms with Crippen LogP contribution in [-0.2, 0) is 0 Å². The molecule has 2 aromatic carbocycles. The van der Waals surface area contributed by atoms with Crippen molar-refractivity contribution in [2.75, 3.05) is 6.61 Å². The minimum Gasteiger partial charge on any atom is -0.507 e. The van der Waals surface area contributed by atoms with Crippen molar-refractivity contribution in [2.45, 2.75) is 13.3 Å². The molecule has 0 aliphatic heterocycles. The van der Waals surface area contributed by atoms with Crippen LogP contribution in [0, 0.1) is 10.6 Å². The van der Waals surface area contributed by atoms with E-state index in [4.69, 9.17) is 17.0 Å². The van der Waals surface area contributed by atoms with Crippen LogP contribution in [0.2, 0.25) is 0 Å². The number of nitrogens with zero attached hydrogens (tertiary/aromatic N) is 3. The van der Waals surface area contributed by atoms with E-state index in [9.17, 15) is 9.50 Å². The molecule has 0 aliphatic rings. The number of nitrogens with one attached hydrogen (secondary N) is 1. The van der Waals surface area contributed by atoms with Gasteiger partial charge in [0.15, 0.2) is 5.82 Å². The lowest BCUT2D eigenvalue weighted by Gasteiger charge is -2.06. The van der Waals surface area contributed by atoms with Crippen molar-refractivity contribution < 1.29 is 14.2 Å². The molecule has 0 atom stereocenters. The average Bonchev–Trinajstić information content (AvgIpc) is 3.00. The highest BCUT2D eigenvalue weighted by Crippen LogP contribution is 2.23. The molecule has 0 saturated heterocycles. The summed E-state index contributed by atoms with van der Waals surface area (Å²) in [6, 6.07) is 11.1. The standard InChI is InChI=1S/C18H17FN4O2S/c1-2-9-25-13-8-7-12(16(24)10-13)11-20-23-17(21-22-18(23)26)14-5-3-4-6-15(14)19/h3-8,10-11,24H,2,9H2,1H3,(H,22,26)/b20-11+. The molecular formula is C18H17FN4O2S. The number of hydrogen-bond acceptors (Lipinski definition) is 5. The van der Waals surface area contributed by atoms with Crippen LogP contribution in [0.5, 0.6) is 11.5 Å². The second-order valence-corrected chi connectivity index (χ2v) is 5.84. The van der Waals surface area contributed by atoms with E-state index in [1.54, 1.807) is 30.3 Å². The van der Waals surface area contributed by atoms with Crippen LogP contribution < -0.4 is 4.74 Å². The van der Waals surface area contributed by atoms with Gasteiger partial charge in [-0.15, -0.1) is 0 Å². The second kappa shape index (κ2) is 7.92. The molecule has 3 rings (SSSR count). The quantitative estimate of drug-likeness (QED) is 0.504. The van der Waals surface area contributed by atoms with Crippen LogP contribution in [0.1, 0.15) is 18.9 Å². The molecule has 0 saturated carbocycles. The number of H-pyrrole nitrogens is 1. The van der Waals surface area contributed by atoms with Gasteiger partial charge < -0.3 is 9.84 Å². The Morgan fingerprint density at radius 3 is 2.88 bits per heavy atom. The van der Waals surface area contributed by atoms with Crippen LogP contribution in [0.15, 0.2) is 47.6 Å². The Morgan fingerprint density at radius 1 is 1.35 bits per heavy atom. The number of phenolic OH excluding ortho intramolecular Hbond substituents is 1. The molecule has 8 heteroatoms. The largest absolute Gasteiger partial charge is 0.507 e. The summed E-state index contributed by atoms with van der Waals surface area (Å²) in [4.78, 5) is 0. The second-order valence-electron chi connectivity index (χ2n) is 5.46. The van der Waals surface area contributed by atoms with E-state index in [2.05, 4.69) is 15.3 Å². The van der Waals surface area contributed by atoms with E-state index in [0.29, 0.717) is 17.9 Å². The van der Waals surface area contributed by atoms with Gasteiger partial charge in [0.05, 0.1) is 18.4 Å². The van der Waals surface area contributed by atoms with Gasteiger partial charge >= 0.3 is 0 Å². The Morgan fingerprint density at radius 2 is 2.15 bits per heavy atom. The van der Waals surface area contributed by atoms with Crippen molar-refractivity contribution in [2.24, 2.45) is 5.10 Å². The third-order valence-electron chi connectivity index (χ3n) is 3.55. The van der Waals surface area contributed by atoms with Crippen molar-refractivity contribution in [3.8, 4) is 22.9 Å². The van der Waals surface area contributed by atoms with Gasteiger partial charge in [-0.1, -0.05) is 19.1 Å². The lowest BCUT2D eigenvalue weighted by molar-refractivity contribution is 0.315. The van der Waals surface area contributed by atoms with E-state index in [-0.39, 0.29) is 21.9 Å². The summed E-state index contributed by atoms with van der Waals surface area (Å²) in [5.74, 6) is 0.406. The average molecular weight is 372 g/mol. The van der Waals surface area contributed by atoms with Crippen LogP contribution >= 0.6 is 12.2 Å². The minimum absolute atomic E-state index is 0.0183. The number of aromatic hydroxyl groups is 1. The molecule has 1 heterocycles. The third-order valence-corrected chi connectivity index (χ3v) is 3.82. The molecular weight excluding hydrogens is 355 g/mol. The van der Waals surface area contributed by atoms with Gasteiger partial charge in [0, 0.05) is 11.6 Å². The topological polar surface area (TPSA) is 75.4 Å². The molecule has 0 aliphatic carbocycles. The molecule has 3 aromatic rings. The van der Waals surface area contributed by atoms with E-state index in [0.717, 1.165) is 6.42 Å². The highest BCUT2D eigenvalue weighted by molar-refractivity contribution is 7.71. The number of hydrogen-bond donors (Lipinski definition) is 2. The Bertz CT molecular complexity index is 997. The fourth-order valence-electron chi connectivity index (χ4n) is 2.28. The summed E-state index contributed by atoms with van der Waals surface area (Å²) in [5.41, 5.74) is 0.737. The smallest absolute Gasteiger partial charge is 0.216 e. The monoisotopic (exact) mass is 372 g/mol. The van der Waals surface area contributed by atoms with E-state index in [1.807, 2.05) is 6.92 Å². The van der Waals surface area contributed by atoms with Crippen LogP contribution in [0.3, 0.4) is 0 Å². The van der Waals surface area contributed by atoms with Crippen molar-refractivity contribution in [3.05, 3.63) is 58.6 Å². The fraction of sp³-hybridized carbons (Fsp3) is 0.167. The molecule has 26 heavy (non-hydrogen) atoms. The zero-order chi connectivity index (χ0) is 18.5. The zero-order valence-corrected chi connectivity index (χ0v) is 14.8. The fourth-order valence-corrected chi connectivity index (χ4v) is 2.46. The maximum Gasteiger partial charge on any atom is 0.216 e.